The first-order valence-corrected chi connectivity index (χ1v) is 14.0. The number of ether oxygens (including phenoxy) is 5. The van der Waals surface area contributed by atoms with Crippen molar-refractivity contribution in [2.24, 2.45) is 0 Å². The number of hydrogen-bond acceptors (Lipinski definition) is 8. The minimum absolute atomic E-state index is 0.0569. The topological polar surface area (TPSA) is 104 Å². The molecular formula is C34H36N2O7. The number of carbonyl (C=O) groups is 2. The molecule has 224 valence electrons. The third-order valence-electron chi connectivity index (χ3n) is 8.05. The molecule has 0 saturated heterocycles. The van der Waals surface area contributed by atoms with E-state index in [4.69, 9.17) is 23.7 Å². The fraction of sp³-hybridized carbons (Fsp3) is 0.294. The minimum atomic E-state index is -0.699. The molecule has 1 heterocycles. The van der Waals surface area contributed by atoms with Gasteiger partial charge < -0.3 is 34.3 Å². The second-order valence-corrected chi connectivity index (χ2v) is 10.4. The van der Waals surface area contributed by atoms with Gasteiger partial charge in [0.1, 0.15) is 5.75 Å². The van der Waals surface area contributed by atoms with E-state index >= 15 is 0 Å². The average molecular weight is 585 g/mol. The lowest BCUT2D eigenvalue weighted by atomic mass is 9.71. The monoisotopic (exact) mass is 584 g/mol. The highest BCUT2D eigenvalue weighted by Gasteiger charge is 2.42. The highest BCUT2D eigenvalue weighted by molar-refractivity contribution is 6.10. The minimum Gasteiger partial charge on any atom is -0.495 e. The molecule has 1 aliphatic carbocycles. The largest absolute Gasteiger partial charge is 0.495 e. The van der Waals surface area contributed by atoms with Gasteiger partial charge in [-0.1, -0.05) is 30.3 Å². The fourth-order valence-electron chi connectivity index (χ4n) is 6.07. The van der Waals surface area contributed by atoms with Gasteiger partial charge in [-0.15, -0.1) is 0 Å². The molecule has 0 fully saturated rings. The third-order valence-corrected chi connectivity index (χ3v) is 8.05. The van der Waals surface area contributed by atoms with Gasteiger partial charge in [0.25, 0.3) is 5.91 Å². The van der Waals surface area contributed by atoms with Gasteiger partial charge in [-0.2, -0.15) is 0 Å². The van der Waals surface area contributed by atoms with Crippen LogP contribution in [0.25, 0.3) is 0 Å². The maximum absolute atomic E-state index is 14.2. The zero-order chi connectivity index (χ0) is 30.7. The quantitative estimate of drug-likeness (QED) is 0.329. The van der Waals surface area contributed by atoms with E-state index in [1.54, 1.807) is 53.7 Å². The van der Waals surface area contributed by atoms with Crippen molar-refractivity contribution >= 4 is 17.4 Å². The van der Waals surface area contributed by atoms with Crippen molar-refractivity contribution < 1.29 is 33.3 Å². The van der Waals surface area contributed by atoms with Gasteiger partial charge in [0, 0.05) is 34.5 Å². The first kappa shape index (κ1) is 29.6. The number of amides is 1. The lowest BCUT2D eigenvalue weighted by Crippen LogP contribution is -2.37. The van der Waals surface area contributed by atoms with E-state index in [-0.39, 0.29) is 24.0 Å². The number of ketones is 1. The van der Waals surface area contributed by atoms with Gasteiger partial charge in [0.2, 0.25) is 0 Å². The molecular weight excluding hydrogens is 548 g/mol. The molecule has 2 aliphatic rings. The lowest BCUT2D eigenvalue weighted by molar-refractivity contribution is -0.116. The summed E-state index contributed by atoms with van der Waals surface area (Å²) in [6.07, 6.45) is 0.831. The Kier molecular flexibility index (Phi) is 8.61. The molecule has 1 amide bonds. The number of para-hydroxylation sites is 3. The van der Waals surface area contributed by atoms with E-state index in [2.05, 4.69) is 10.6 Å². The van der Waals surface area contributed by atoms with Gasteiger partial charge in [0.05, 0.1) is 47.2 Å². The van der Waals surface area contributed by atoms with Crippen molar-refractivity contribution in [3.05, 3.63) is 94.3 Å². The summed E-state index contributed by atoms with van der Waals surface area (Å²) in [4.78, 5) is 28.2. The zero-order valence-electron chi connectivity index (χ0n) is 25.2. The summed E-state index contributed by atoms with van der Waals surface area (Å²) in [5, 5.41) is 6.43. The average Bonchev–Trinajstić information content (AvgIpc) is 3.03. The zero-order valence-corrected chi connectivity index (χ0v) is 25.2. The van der Waals surface area contributed by atoms with E-state index < -0.39 is 5.92 Å². The number of methoxy groups -OCH3 is 5. The molecule has 0 saturated carbocycles. The molecule has 5 rings (SSSR count). The number of hydrogen-bond donors (Lipinski definition) is 2. The molecule has 1 aliphatic heterocycles. The van der Waals surface area contributed by atoms with E-state index in [0.29, 0.717) is 63.3 Å². The SMILES string of the molecule is COc1ccccc1NC(=O)C1=C(C)NC2=C(C(=O)C[C@@H](c3ccc(OC)c(OC)c3)C2)[C@@H]1c1cccc(OC)c1OC. The molecule has 9 heteroatoms. The number of nitrogens with one attached hydrogen (secondary N) is 2. The molecule has 0 bridgehead atoms. The number of Topliss-reactive ketones (excluding diaryl/α,β-unsaturated/α-hetero) is 1. The van der Waals surface area contributed by atoms with Crippen LogP contribution in [-0.2, 0) is 9.59 Å². The number of carbonyl (C=O) groups excluding carboxylic acids is 2. The molecule has 0 aromatic heterocycles. The Morgan fingerprint density at radius 2 is 1.49 bits per heavy atom. The maximum Gasteiger partial charge on any atom is 0.254 e. The van der Waals surface area contributed by atoms with Gasteiger partial charge in [-0.25, -0.2) is 0 Å². The molecule has 43 heavy (non-hydrogen) atoms. The third kappa shape index (κ3) is 5.50. The van der Waals surface area contributed by atoms with Crippen LogP contribution in [0.1, 0.15) is 42.7 Å². The smallest absolute Gasteiger partial charge is 0.254 e. The predicted molar refractivity (Wildman–Crippen MR) is 163 cm³/mol. The Hall–Kier alpha value is -4.92. The molecule has 0 unspecified atom stereocenters. The number of rotatable bonds is 9. The van der Waals surface area contributed by atoms with Crippen LogP contribution in [-0.4, -0.2) is 47.2 Å². The Morgan fingerprint density at radius 1 is 0.791 bits per heavy atom. The van der Waals surface area contributed by atoms with Crippen molar-refractivity contribution in [1.82, 2.24) is 5.32 Å². The molecule has 9 nitrogen and oxygen atoms in total. The summed E-state index contributed by atoms with van der Waals surface area (Å²) in [5.74, 6) is 1.53. The summed E-state index contributed by atoms with van der Waals surface area (Å²) < 4.78 is 27.8. The van der Waals surface area contributed by atoms with E-state index in [0.717, 1.165) is 11.3 Å². The van der Waals surface area contributed by atoms with Gasteiger partial charge in [0.15, 0.2) is 28.8 Å². The summed E-state index contributed by atoms with van der Waals surface area (Å²) in [6, 6.07) is 18.4. The molecule has 0 radical (unpaired) electrons. The van der Waals surface area contributed by atoms with Crippen LogP contribution in [0.3, 0.4) is 0 Å². The number of anilines is 1. The standard InChI is InChI=1S/C34H36N2O7/c1-19-30(34(38)36-23-11-7-8-12-26(23)39-2)31(22-10-9-13-28(41-4)33(22)43-6)32-24(35-19)16-21(17-25(32)37)20-14-15-27(40-3)29(18-20)42-5/h7-15,18,21,31,35H,16-17H2,1-6H3,(H,36,38)/t21-,31+/m0/s1. The van der Waals surface area contributed by atoms with E-state index in [1.165, 1.54) is 0 Å². The lowest BCUT2D eigenvalue weighted by Gasteiger charge is -2.37. The molecule has 2 atom stereocenters. The Bertz CT molecular complexity index is 1620. The Balaban J connectivity index is 1.61. The van der Waals surface area contributed by atoms with Crippen molar-refractivity contribution in [2.45, 2.75) is 31.6 Å². The van der Waals surface area contributed by atoms with Crippen molar-refractivity contribution in [3.63, 3.8) is 0 Å². The number of allylic oxidation sites excluding steroid dienone is 3. The van der Waals surface area contributed by atoms with Gasteiger partial charge >= 0.3 is 0 Å². The molecule has 3 aromatic carbocycles. The van der Waals surface area contributed by atoms with Crippen LogP contribution in [0.4, 0.5) is 5.69 Å². The predicted octanol–water partition coefficient (Wildman–Crippen LogP) is 5.73. The summed E-state index contributed by atoms with van der Waals surface area (Å²) in [7, 11) is 7.85. The van der Waals surface area contributed by atoms with Crippen molar-refractivity contribution in [3.8, 4) is 28.7 Å². The van der Waals surface area contributed by atoms with E-state index in [1.807, 2.05) is 49.4 Å². The Labute approximate surface area is 251 Å². The first-order chi connectivity index (χ1) is 20.8. The Morgan fingerprint density at radius 3 is 2.19 bits per heavy atom. The number of benzene rings is 3. The summed E-state index contributed by atoms with van der Waals surface area (Å²) >= 11 is 0. The van der Waals surface area contributed by atoms with Crippen LogP contribution in [0.2, 0.25) is 0 Å². The second kappa shape index (κ2) is 12.5. The van der Waals surface area contributed by atoms with Gasteiger partial charge in [-0.05, 0) is 55.2 Å². The van der Waals surface area contributed by atoms with Crippen molar-refractivity contribution in [2.75, 3.05) is 40.9 Å². The highest BCUT2D eigenvalue weighted by Crippen LogP contribution is 2.50. The highest BCUT2D eigenvalue weighted by atomic mass is 16.5. The van der Waals surface area contributed by atoms with E-state index in [9.17, 15) is 9.59 Å². The summed E-state index contributed by atoms with van der Waals surface area (Å²) in [6.45, 7) is 1.85. The van der Waals surface area contributed by atoms with Gasteiger partial charge in [-0.3, -0.25) is 9.59 Å². The molecule has 3 aromatic rings. The number of dihydropyridines is 1. The fourth-order valence-corrected chi connectivity index (χ4v) is 6.07. The second-order valence-electron chi connectivity index (χ2n) is 10.4. The molecule has 2 N–H and O–H groups in total. The van der Waals surface area contributed by atoms with Crippen LogP contribution >= 0.6 is 0 Å². The van der Waals surface area contributed by atoms with Crippen molar-refractivity contribution in [1.29, 1.82) is 0 Å². The maximum atomic E-state index is 14.2. The van der Waals surface area contributed by atoms with Crippen LogP contribution < -0.4 is 34.3 Å². The summed E-state index contributed by atoms with van der Waals surface area (Å²) in [5.41, 5.74) is 4.52. The van der Waals surface area contributed by atoms with Crippen LogP contribution in [0.5, 0.6) is 28.7 Å². The normalized spacial score (nSPS) is 18.0. The first-order valence-electron chi connectivity index (χ1n) is 14.0. The van der Waals surface area contributed by atoms with Crippen LogP contribution in [0, 0.1) is 0 Å². The van der Waals surface area contributed by atoms with Crippen LogP contribution in [0.15, 0.2) is 83.2 Å². The molecule has 0 spiro atoms.